The average Bonchev–Trinajstić information content (AvgIpc) is 2.38. The van der Waals surface area contributed by atoms with Crippen LogP contribution < -0.4 is 4.74 Å². The minimum atomic E-state index is -0.714. The molecule has 0 unspecified atom stereocenters. The van der Waals surface area contributed by atoms with E-state index in [1.165, 1.54) is 6.07 Å². The maximum atomic E-state index is 13.8. The van der Waals surface area contributed by atoms with E-state index in [4.69, 9.17) is 4.74 Å². The van der Waals surface area contributed by atoms with E-state index in [9.17, 15) is 8.78 Å². The summed E-state index contributed by atoms with van der Waals surface area (Å²) in [5.41, 5.74) is 1.19. The standard InChI is InChI=1S/C14H11BrF2O/c1-9-7-11(15)13(17)14(12(9)16)18-8-10-5-3-2-4-6-10/h2-7H,8H2,1H3. The summed E-state index contributed by atoms with van der Waals surface area (Å²) in [6.45, 7) is 1.69. The molecule has 0 atom stereocenters. The first kappa shape index (κ1) is 13.0. The highest BCUT2D eigenvalue weighted by Crippen LogP contribution is 2.31. The lowest BCUT2D eigenvalue weighted by Gasteiger charge is -2.11. The number of rotatable bonds is 3. The topological polar surface area (TPSA) is 9.23 Å². The van der Waals surface area contributed by atoms with Gasteiger partial charge in [-0.15, -0.1) is 0 Å². The molecule has 0 heterocycles. The minimum absolute atomic E-state index is 0.130. The van der Waals surface area contributed by atoms with Gasteiger partial charge >= 0.3 is 0 Å². The minimum Gasteiger partial charge on any atom is -0.483 e. The molecule has 0 spiro atoms. The highest BCUT2D eigenvalue weighted by Gasteiger charge is 2.16. The lowest BCUT2D eigenvalue weighted by molar-refractivity contribution is 0.272. The third-order valence-electron chi connectivity index (χ3n) is 2.52. The van der Waals surface area contributed by atoms with Crippen LogP contribution in [0.25, 0.3) is 0 Å². The summed E-state index contributed by atoms with van der Waals surface area (Å²) in [4.78, 5) is 0. The zero-order valence-electron chi connectivity index (χ0n) is 9.71. The third-order valence-corrected chi connectivity index (χ3v) is 3.10. The van der Waals surface area contributed by atoms with E-state index in [2.05, 4.69) is 15.9 Å². The first-order valence-electron chi connectivity index (χ1n) is 5.40. The van der Waals surface area contributed by atoms with Crippen LogP contribution >= 0.6 is 15.9 Å². The molecule has 18 heavy (non-hydrogen) atoms. The Kier molecular flexibility index (Phi) is 3.97. The molecule has 94 valence electrons. The summed E-state index contributed by atoms with van der Waals surface area (Å²) >= 11 is 3.04. The molecule has 0 saturated carbocycles. The average molecular weight is 313 g/mol. The van der Waals surface area contributed by atoms with Crippen LogP contribution in [0.2, 0.25) is 0 Å². The second kappa shape index (κ2) is 5.48. The number of ether oxygens (including phenoxy) is 1. The molecule has 0 aromatic heterocycles. The van der Waals surface area contributed by atoms with Crippen molar-refractivity contribution in [2.75, 3.05) is 0 Å². The number of halogens is 3. The van der Waals surface area contributed by atoms with E-state index in [0.29, 0.717) is 5.56 Å². The van der Waals surface area contributed by atoms with Crippen LogP contribution in [-0.2, 0) is 6.61 Å². The maximum absolute atomic E-state index is 13.8. The van der Waals surface area contributed by atoms with Gasteiger partial charge in [0.05, 0.1) is 4.47 Å². The van der Waals surface area contributed by atoms with Crippen molar-refractivity contribution in [3.8, 4) is 5.75 Å². The smallest absolute Gasteiger partial charge is 0.192 e. The first-order chi connectivity index (χ1) is 8.59. The van der Waals surface area contributed by atoms with Crippen molar-refractivity contribution in [1.29, 1.82) is 0 Å². The van der Waals surface area contributed by atoms with Crippen LogP contribution in [0.4, 0.5) is 8.78 Å². The molecule has 2 rings (SSSR count). The molecular weight excluding hydrogens is 302 g/mol. The second-order valence-electron chi connectivity index (χ2n) is 3.91. The summed E-state index contributed by atoms with van der Waals surface area (Å²) in [5.74, 6) is -1.72. The van der Waals surface area contributed by atoms with Gasteiger partial charge in [0, 0.05) is 0 Å². The fraction of sp³-hybridized carbons (Fsp3) is 0.143. The summed E-state index contributed by atoms with van der Waals surface area (Å²) < 4.78 is 32.9. The van der Waals surface area contributed by atoms with E-state index < -0.39 is 11.6 Å². The Morgan fingerprint density at radius 2 is 1.78 bits per heavy atom. The van der Waals surface area contributed by atoms with Crippen LogP contribution in [0.1, 0.15) is 11.1 Å². The summed E-state index contributed by atoms with van der Waals surface area (Å²) in [5, 5.41) is 0. The van der Waals surface area contributed by atoms with Gasteiger partial charge in [0.15, 0.2) is 17.4 Å². The Balaban J connectivity index is 2.24. The molecule has 4 heteroatoms. The van der Waals surface area contributed by atoms with Crippen molar-refractivity contribution < 1.29 is 13.5 Å². The van der Waals surface area contributed by atoms with Crippen molar-refractivity contribution in [2.24, 2.45) is 0 Å². The Bertz CT molecular complexity index is 529. The van der Waals surface area contributed by atoms with Crippen LogP contribution in [0.15, 0.2) is 40.9 Å². The lowest BCUT2D eigenvalue weighted by Crippen LogP contribution is -2.01. The van der Waals surface area contributed by atoms with Gasteiger partial charge in [-0.3, -0.25) is 0 Å². The van der Waals surface area contributed by atoms with E-state index in [1.54, 1.807) is 6.92 Å². The molecule has 0 aliphatic carbocycles. The van der Waals surface area contributed by atoms with Crippen LogP contribution in [0.3, 0.4) is 0 Å². The molecule has 0 saturated heterocycles. The second-order valence-corrected chi connectivity index (χ2v) is 4.76. The zero-order valence-corrected chi connectivity index (χ0v) is 11.3. The van der Waals surface area contributed by atoms with Crippen molar-refractivity contribution in [2.45, 2.75) is 13.5 Å². The largest absolute Gasteiger partial charge is 0.483 e. The van der Waals surface area contributed by atoms with Crippen molar-refractivity contribution in [3.05, 3.63) is 63.6 Å². The Hall–Kier alpha value is -1.42. The van der Waals surface area contributed by atoms with Crippen LogP contribution in [0.5, 0.6) is 5.75 Å². The van der Waals surface area contributed by atoms with Gasteiger partial charge in [-0.05, 0) is 40.0 Å². The molecule has 0 radical (unpaired) electrons. The van der Waals surface area contributed by atoms with Crippen LogP contribution in [-0.4, -0.2) is 0 Å². The number of hydrogen-bond donors (Lipinski definition) is 0. The van der Waals surface area contributed by atoms with Gasteiger partial charge in [0.1, 0.15) is 6.61 Å². The number of benzene rings is 2. The molecule has 1 nitrogen and oxygen atoms in total. The van der Waals surface area contributed by atoms with Gasteiger partial charge < -0.3 is 4.74 Å². The van der Waals surface area contributed by atoms with E-state index in [1.807, 2.05) is 30.3 Å². The van der Waals surface area contributed by atoms with E-state index >= 15 is 0 Å². The number of hydrogen-bond acceptors (Lipinski definition) is 1. The van der Waals surface area contributed by atoms with E-state index in [-0.39, 0.29) is 16.8 Å². The summed E-state index contributed by atoms with van der Waals surface area (Å²) in [6.07, 6.45) is 0. The predicted molar refractivity (Wildman–Crippen MR) is 69.6 cm³/mol. The molecule has 0 amide bonds. The van der Waals surface area contributed by atoms with Gasteiger partial charge in [-0.1, -0.05) is 30.3 Å². The van der Waals surface area contributed by atoms with E-state index in [0.717, 1.165) is 5.56 Å². The van der Waals surface area contributed by atoms with Gasteiger partial charge in [-0.2, -0.15) is 0 Å². The number of aryl methyl sites for hydroxylation is 1. The lowest BCUT2D eigenvalue weighted by atomic mass is 10.2. The SMILES string of the molecule is Cc1cc(Br)c(F)c(OCc2ccccc2)c1F. The highest BCUT2D eigenvalue weighted by atomic mass is 79.9. The van der Waals surface area contributed by atoms with Gasteiger partial charge in [0.25, 0.3) is 0 Å². The first-order valence-corrected chi connectivity index (χ1v) is 6.19. The van der Waals surface area contributed by atoms with Crippen molar-refractivity contribution >= 4 is 15.9 Å². The van der Waals surface area contributed by atoms with Crippen LogP contribution in [0, 0.1) is 18.6 Å². The molecule has 0 aliphatic rings. The molecule has 2 aromatic rings. The predicted octanol–water partition coefficient (Wildman–Crippen LogP) is 4.61. The molecular formula is C14H11BrF2O. The molecule has 0 aliphatic heterocycles. The third kappa shape index (κ3) is 2.70. The van der Waals surface area contributed by atoms with Crippen molar-refractivity contribution in [3.63, 3.8) is 0 Å². The quantitative estimate of drug-likeness (QED) is 0.752. The normalized spacial score (nSPS) is 10.4. The Morgan fingerprint density at radius 3 is 2.44 bits per heavy atom. The fourth-order valence-electron chi connectivity index (χ4n) is 1.56. The van der Waals surface area contributed by atoms with Gasteiger partial charge in [0.2, 0.25) is 0 Å². The Labute approximate surface area is 113 Å². The molecule has 0 bridgehead atoms. The maximum Gasteiger partial charge on any atom is 0.192 e. The monoisotopic (exact) mass is 312 g/mol. The Morgan fingerprint density at radius 1 is 1.11 bits per heavy atom. The van der Waals surface area contributed by atoms with Crippen molar-refractivity contribution in [1.82, 2.24) is 0 Å². The summed E-state index contributed by atoms with van der Waals surface area (Å²) in [6, 6.07) is 10.6. The molecule has 0 N–H and O–H groups in total. The van der Waals surface area contributed by atoms with Gasteiger partial charge in [-0.25, -0.2) is 8.78 Å². The summed E-state index contributed by atoms with van der Waals surface area (Å²) in [7, 11) is 0. The highest BCUT2D eigenvalue weighted by molar-refractivity contribution is 9.10. The molecule has 2 aromatic carbocycles. The molecule has 0 fully saturated rings. The fourth-order valence-corrected chi connectivity index (χ4v) is 2.08. The zero-order chi connectivity index (χ0) is 13.1.